The van der Waals surface area contributed by atoms with E-state index < -0.39 is 5.60 Å². The lowest BCUT2D eigenvalue weighted by molar-refractivity contribution is -0.614. The van der Waals surface area contributed by atoms with Crippen LogP contribution in [0, 0.1) is 5.21 Å². The van der Waals surface area contributed by atoms with Gasteiger partial charge in [-0.2, -0.15) is 9.83 Å². The number of benzene rings is 2. The van der Waals surface area contributed by atoms with Crippen LogP contribution >= 0.6 is 0 Å². The van der Waals surface area contributed by atoms with Crippen molar-refractivity contribution in [1.29, 1.82) is 0 Å². The molecule has 2 saturated heterocycles. The van der Waals surface area contributed by atoms with E-state index in [4.69, 9.17) is 4.74 Å². The maximum Gasteiger partial charge on any atom is 0.258 e. The quantitative estimate of drug-likeness (QED) is 0.171. The number of anilines is 1. The minimum Gasteiger partial charge on any atom is -0.618 e. The molecule has 2 N–H and O–H groups in total. The van der Waals surface area contributed by atoms with Gasteiger partial charge >= 0.3 is 0 Å². The van der Waals surface area contributed by atoms with Gasteiger partial charge in [0.05, 0.1) is 12.1 Å². The summed E-state index contributed by atoms with van der Waals surface area (Å²) in [6, 6.07) is 19.6. The first-order valence-corrected chi connectivity index (χ1v) is 17.3. The Kier molecular flexibility index (Phi) is 8.49. The molecule has 2 amide bonds. The summed E-state index contributed by atoms with van der Waals surface area (Å²) in [7, 11) is 1.56. The van der Waals surface area contributed by atoms with Gasteiger partial charge in [-0.15, -0.1) is 0 Å². The molecule has 12 nitrogen and oxygen atoms in total. The fraction of sp³-hybridized carbons (Fsp3) is 0.368. The van der Waals surface area contributed by atoms with E-state index in [0.29, 0.717) is 55.9 Å². The molecule has 3 aromatic heterocycles. The summed E-state index contributed by atoms with van der Waals surface area (Å²) in [4.78, 5) is 39.8. The summed E-state index contributed by atoms with van der Waals surface area (Å²) in [5.74, 6) is 1.26. The third kappa shape index (κ3) is 6.32. The Morgan fingerprint density at radius 3 is 2.50 bits per heavy atom. The highest BCUT2D eigenvalue weighted by atomic mass is 16.5. The van der Waals surface area contributed by atoms with Crippen molar-refractivity contribution in [3.63, 3.8) is 0 Å². The van der Waals surface area contributed by atoms with E-state index in [9.17, 15) is 14.8 Å². The van der Waals surface area contributed by atoms with Crippen LogP contribution in [0.3, 0.4) is 0 Å². The molecular formula is C38H40N8O4. The first-order valence-electron chi connectivity index (χ1n) is 17.3. The lowest BCUT2D eigenvalue weighted by atomic mass is 9.89. The van der Waals surface area contributed by atoms with Gasteiger partial charge in [-0.1, -0.05) is 24.3 Å². The minimum absolute atomic E-state index is 0.0820. The zero-order valence-electron chi connectivity index (χ0n) is 28.0. The Bertz CT molecular complexity index is 2020. The van der Waals surface area contributed by atoms with Crippen LogP contribution in [-0.2, 0) is 14.3 Å². The number of carbonyl (C=O) groups excluding carboxylic acids is 2. The molecule has 1 atom stereocenters. The number of H-pyrrole nitrogens is 1. The van der Waals surface area contributed by atoms with E-state index in [1.54, 1.807) is 31.8 Å². The molecule has 1 saturated carbocycles. The number of likely N-dealkylation sites (tertiary alicyclic amines) is 2. The fourth-order valence-corrected chi connectivity index (χ4v) is 7.43. The topological polar surface area (TPSA) is 143 Å². The van der Waals surface area contributed by atoms with Crippen molar-refractivity contribution in [3.8, 4) is 22.6 Å². The van der Waals surface area contributed by atoms with Gasteiger partial charge in [0.2, 0.25) is 5.91 Å². The van der Waals surface area contributed by atoms with E-state index in [-0.39, 0.29) is 18.4 Å². The highest BCUT2D eigenvalue weighted by Gasteiger charge is 2.46. The lowest BCUT2D eigenvalue weighted by Gasteiger charge is -2.33. The second-order valence-electron chi connectivity index (χ2n) is 13.7. The third-order valence-corrected chi connectivity index (χ3v) is 10.6. The van der Waals surface area contributed by atoms with Gasteiger partial charge in [0.15, 0.2) is 23.3 Å². The molecule has 256 valence electrons. The van der Waals surface area contributed by atoms with E-state index in [2.05, 4.69) is 49.7 Å². The van der Waals surface area contributed by atoms with E-state index >= 15 is 0 Å². The number of aromatic nitrogens is 5. The number of nitrogens with zero attached hydrogens (tertiary/aromatic N) is 6. The van der Waals surface area contributed by atoms with Crippen LogP contribution in [0.15, 0.2) is 79.3 Å². The second kappa shape index (κ2) is 13.3. The maximum atomic E-state index is 13.7. The number of ether oxygens (including phenoxy) is 1. The molecule has 50 heavy (non-hydrogen) atoms. The standard InChI is InChI=1S/C38H40N8O4/c1-50-38(37(48)41-30-9-10-32-31(22-30)35(43-42-32)29-13-19-46(49)33(21-29)27-5-6-27)14-20-44(24-38)23-34(47)45-17-11-26(12-18-45)25-3-7-28(8-4-25)36-39-15-2-16-40-36/h2-4,7-10,13,15-16,19,21-22,26-27H,5-6,11-12,14,17-18,20,23-24H2,1H3,(H,41,48)(H,42,43)/t38-/m0/s1. The SMILES string of the molecule is CO[C@@]1(C(=O)Nc2ccc3[nH]nc(-c4cc[n+]([O-])c(C5CC5)c4)c3c2)CCN(CC(=O)N2CCC(c3ccc(-c4ncccn4)cc3)CC2)C1. The number of methoxy groups -OCH3 is 1. The molecule has 0 unspecified atom stereocenters. The largest absolute Gasteiger partial charge is 0.618 e. The summed E-state index contributed by atoms with van der Waals surface area (Å²) in [5.41, 5.74) is 5.00. The molecule has 5 heterocycles. The first kappa shape index (κ1) is 32.0. The predicted octanol–water partition coefficient (Wildman–Crippen LogP) is 4.63. The van der Waals surface area contributed by atoms with Gasteiger partial charge in [-0.3, -0.25) is 19.6 Å². The average molecular weight is 673 g/mol. The van der Waals surface area contributed by atoms with Crippen LogP contribution in [0.5, 0.6) is 0 Å². The molecule has 5 aromatic rings. The number of amides is 2. The molecule has 2 aromatic carbocycles. The molecule has 0 radical (unpaired) electrons. The highest BCUT2D eigenvalue weighted by Crippen LogP contribution is 2.40. The van der Waals surface area contributed by atoms with Crippen LogP contribution in [0.4, 0.5) is 5.69 Å². The van der Waals surface area contributed by atoms with Gasteiger partial charge in [-0.25, -0.2) is 9.97 Å². The highest BCUT2D eigenvalue weighted by molar-refractivity contribution is 6.01. The van der Waals surface area contributed by atoms with Crippen molar-refractivity contribution >= 4 is 28.4 Å². The number of rotatable bonds is 9. The van der Waals surface area contributed by atoms with Gasteiger partial charge in [-0.05, 0) is 67.9 Å². The molecule has 0 spiro atoms. The van der Waals surface area contributed by atoms with Crippen LogP contribution in [0.2, 0.25) is 0 Å². The van der Waals surface area contributed by atoms with Crippen molar-refractivity contribution in [2.45, 2.75) is 49.5 Å². The van der Waals surface area contributed by atoms with Crippen LogP contribution in [-0.4, -0.2) is 87.2 Å². The number of aromatic amines is 1. The van der Waals surface area contributed by atoms with Crippen LogP contribution in [0.1, 0.15) is 55.2 Å². The van der Waals surface area contributed by atoms with Crippen molar-refractivity contribution in [3.05, 3.63) is 95.7 Å². The molecule has 2 aliphatic heterocycles. The smallest absolute Gasteiger partial charge is 0.258 e. The van der Waals surface area contributed by atoms with Crippen molar-refractivity contribution < 1.29 is 19.1 Å². The Morgan fingerprint density at radius 1 is 0.980 bits per heavy atom. The van der Waals surface area contributed by atoms with Gasteiger partial charge < -0.3 is 20.2 Å². The predicted molar refractivity (Wildman–Crippen MR) is 188 cm³/mol. The third-order valence-electron chi connectivity index (χ3n) is 10.6. The molecule has 0 bridgehead atoms. The normalized spacial score (nSPS) is 20.0. The summed E-state index contributed by atoms with van der Waals surface area (Å²) in [6.07, 6.45) is 9.38. The molecule has 12 heteroatoms. The summed E-state index contributed by atoms with van der Waals surface area (Å²) in [5, 5.41) is 23.8. The van der Waals surface area contributed by atoms with Crippen molar-refractivity contribution in [2.75, 3.05) is 45.2 Å². The molecule has 8 rings (SSSR count). The fourth-order valence-electron chi connectivity index (χ4n) is 7.43. The van der Waals surface area contributed by atoms with E-state index in [1.165, 1.54) is 5.56 Å². The number of hydrogen-bond donors (Lipinski definition) is 2. The number of carbonyl (C=O) groups is 2. The Balaban J connectivity index is 0.873. The second-order valence-corrected chi connectivity index (χ2v) is 13.7. The Hall–Kier alpha value is -5.20. The Labute approximate surface area is 290 Å². The number of pyridine rings is 1. The number of piperidine rings is 1. The zero-order chi connectivity index (χ0) is 34.2. The monoisotopic (exact) mass is 672 g/mol. The number of hydrogen-bond acceptors (Lipinski definition) is 8. The summed E-state index contributed by atoms with van der Waals surface area (Å²) in [6.45, 7) is 2.58. The number of fused-ring (bicyclic) bond motifs is 1. The summed E-state index contributed by atoms with van der Waals surface area (Å²) < 4.78 is 6.81. The average Bonchev–Trinajstić information content (AvgIpc) is 3.78. The summed E-state index contributed by atoms with van der Waals surface area (Å²) >= 11 is 0. The first-order chi connectivity index (χ1) is 24.4. The molecule has 3 aliphatic rings. The van der Waals surface area contributed by atoms with Gasteiger partial charge in [0.1, 0.15) is 5.69 Å². The lowest BCUT2D eigenvalue weighted by Crippen LogP contribution is -2.48. The van der Waals surface area contributed by atoms with Crippen LogP contribution in [0.25, 0.3) is 33.5 Å². The van der Waals surface area contributed by atoms with E-state index in [1.807, 2.05) is 40.1 Å². The van der Waals surface area contributed by atoms with E-state index in [0.717, 1.165) is 63.8 Å². The van der Waals surface area contributed by atoms with Crippen molar-refractivity contribution in [1.82, 2.24) is 30.0 Å². The molecular weight excluding hydrogens is 632 g/mol. The van der Waals surface area contributed by atoms with Gasteiger partial charge in [0.25, 0.3) is 5.91 Å². The Morgan fingerprint density at radius 2 is 1.76 bits per heavy atom. The maximum absolute atomic E-state index is 13.7. The number of nitrogens with one attached hydrogen (secondary N) is 2. The van der Waals surface area contributed by atoms with Crippen molar-refractivity contribution in [2.24, 2.45) is 0 Å². The minimum atomic E-state index is -1.07. The zero-order valence-corrected chi connectivity index (χ0v) is 28.0. The van der Waals surface area contributed by atoms with Crippen LogP contribution < -0.4 is 10.0 Å². The molecule has 1 aliphatic carbocycles. The molecule has 3 fully saturated rings. The van der Waals surface area contributed by atoms with Gasteiger partial charge in [0, 0.05) is 85.9 Å².